The predicted octanol–water partition coefficient (Wildman–Crippen LogP) is 2.11. The first kappa shape index (κ1) is 17.3. The molecule has 1 heterocycles. The van der Waals surface area contributed by atoms with Gasteiger partial charge < -0.3 is 19.7 Å². The normalized spacial score (nSPS) is 16.6. The third-order valence-corrected chi connectivity index (χ3v) is 3.36. The second-order valence-electron chi connectivity index (χ2n) is 6.43. The van der Waals surface area contributed by atoms with Crippen LogP contribution in [0.4, 0.5) is 4.79 Å². The molecule has 1 aromatic rings. The van der Waals surface area contributed by atoms with Crippen molar-refractivity contribution < 1.29 is 19.1 Å². The number of hydrogen-bond acceptors (Lipinski definition) is 4. The van der Waals surface area contributed by atoms with Gasteiger partial charge in [0.2, 0.25) is 5.91 Å². The first-order valence-corrected chi connectivity index (χ1v) is 7.78. The maximum Gasteiger partial charge on any atom is 0.408 e. The number of carbonyl (C=O) groups is 2. The third-order valence-electron chi connectivity index (χ3n) is 3.36. The molecular formula is C17H24N2O4. The fraction of sp³-hybridized carbons (Fsp3) is 0.529. The SMILES string of the molecule is CC(C)(C)OC(=O)N[C@H](C(=O)N1CCOCC1)c1ccccc1. The molecule has 23 heavy (non-hydrogen) atoms. The molecule has 1 fully saturated rings. The summed E-state index contributed by atoms with van der Waals surface area (Å²) in [5.74, 6) is -0.148. The van der Waals surface area contributed by atoms with Crippen molar-refractivity contribution in [3.05, 3.63) is 35.9 Å². The second-order valence-corrected chi connectivity index (χ2v) is 6.43. The molecule has 0 saturated carbocycles. The van der Waals surface area contributed by atoms with Gasteiger partial charge in [0.1, 0.15) is 11.6 Å². The van der Waals surface area contributed by atoms with Gasteiger partial charge in [-0.05, 0) is 26.3 Å². The number of carbonyl (C=O) groups excluding carboxylic acids is 2. The standard InChI is InChI=1S/C17H24N2O4/c1-17(2,3)23-16(21)18-14(13-7-5-4-6-8-13)15(20)19-9-11-22-12-10-19/h4-8,14H,9-12H2,1-3H3,(H,18,21)/t14-/m0/s1. The molecule has 126 valence electrons. The lowest BCUT2D eigenvalue weighted by atomic mass is 10.1. The van der Waals surface area contributed by atoms with E-state index in [1.807, 2.05) is 30.3 Å². The van der Waals surface area contributed by atoms with Crippen molar-refractivity contribution in [2.75, 3.05) is 26.3 Å². The summed E-state index contributed by atoms with van der Waals surface area (Å²) in [5.41, 5.74) is 0.114. The Bertz CT molecular complexity index is 533. The van der Waals surface area contributed by atoms with Crippen molar-refractivity contribution >= 4 is 12.0 Å². The summed E-state index contributed by atoms with van der Waals surface area (Å²) in [5, 5.41) is 2.69. The third kappa shape index (κ3) is 5.25. The Hall–Kier alpha value is -2.08. The van der Waals surface area contributed by atoms with Crippen LogP contribution in [0.2, 0.25) is 0 Å². The second kappa shape index (κ2) is 7.46. The van der Waals surface area contributed by atoms with Gasteiger partial charge in [0.05, 0.1) is 13.2 Å². The lowest BCUT2D eigenvalue weighted by Crippen LogP contribution is -2.48. The summed E-state index contributed by atoms with van der Waals surface area (Å²) < 4.78 is 10.6. The minimum absolute atomic E-state index is 0.148. The van der Waals surface area contributed by atoms with Crippen LogP contribution in [0.1, 0.15) is 32.4 Å². The summed E-state index contributed by atoms with van der Waals surface area (Å²) in [7, 11) is 0. The van der Waals surface area contributed by atoms with E-state index in [0.29, 0.717) is 26.3 Å². The van der Waals surface area contributed by atoms with Gasteiger partial charge in [0, 0.05) is 13.1 Å². The zero-order valence-corrected chi connectivity index (χ0v) is 13.9. The van der Waals surface area contributed by atoms with Gasteiger partial charge in [-0.1, -0.05) is 30.3 Å². The zero-order valence-electron chi connectivity index (χ0n) is 13.9. The molecule has 1 N–H and O–H groups in total. The number of morpholine rings is 1. The van der Waals surface area contributed by atoms with Crippen molar-refractivity contribution in [3.8, 4) is 0 Å². The van der Waals surface area contributed by atoms with E-state index in [1.54, 1.807) is 25.7 Å². The summed E-state index contributed by atoms with van der Waals surface area (Å²) in [6.45, 7) is 7.44. The van der Waals surface area contributed by atoms with Crippen molar-refractivity contribution in [1.29, 1.82) is 0 Å². The van der Waals surface area contributed by atoms with Crippen LogP contribution in [0.5, 0.6) is 0 Å². The fourth-order valence-electron chi connectivity index (χ4n) is 2.32. The smallest absolute Gasteiger partial charge is 0.408 e. The van der Waals surface area contributed by atoms with E-state index < -0.39 is 17.7 Å². The van der Waals surface area contributed by atoms with Gasteiger partial charge in [0.15, 0.2) is 0 Å². The van der Waals surface area contributed by atoms with Crippen molar-refractivity contribution in [2.45, 2.75) is 32.4 Å². The van der Waals surface area contributed by atoms with Crippen LogP contribution in [0.15, 0.2) is 30.3 Å². The molecular weight excluding hydrogens is 296 g/mol. The quantitative estimate of drug-likeness (QED) is 0.926. The molecule has 1 aliphatic heterocycles. The number of nitrogens with zero attached hydrogens (tertiary/aromatic N) is 1. The van der Waals surface area contributed by atoms with E-state index in [1.165, 1.54) is 0 Å². The Morgan fingerprint density at radius 2 is 1.78 bits per heavy atom. The highest BCUT2D eigenvalue weighted by Crippen LogP contribution is 2.18. The lowest BCUT2D eigenvalue weighted by molar-refractivity contribution is -0.137. The van der Waals surface area contributed by atoms with Gasteiger partial charge in [0.25, 0.3) is 0 Å². The molecule has 0 spiro atoms. The lowest BCUT2D eigenvalue weighted by Gasteiger charge is -2.31. The summed E-state index contributed by atoms with van der Waals surface area (Å²) >= 11 is 0. The number of benzene rings is 1. The molecule has 6 nitrogen and oxygen atoms in total. The first-order chi connectivity index (χ1) is 10.9. The van der Waals surface area contributed by atoms with Crippen molar-refractivity contribution in [3.63, 3.8) is 0 Å². The number of amides is 2. The minimum atomic E-state index is -0.760. The molecule has 1 atom stereocenters. The Labute approximate surface area is 136 Å². The Kier molecular flexibility index (Phi) is 5.60. The highest BCUT2D eigenvalue weighted by Gasteiger charge is 2.30. The number of ether oxygens (including phenoxy) is 2. The molecule has 0 aliphatic carbocycles. The largest absolute Gasteiger partial charge is 0.444 e. The molecule has 2 rings (SSSR count). The highest BCUT2D eigenvalue weighted by atomic mass is 16.6. The topological polar surface area (TPSA) is 67.9 Å². The van der Waals surface area contributed by atoms with Crippen LogP contribution in [-0.2, 0) is 14.3 Å². The highest BCUT2D eigenvalue weighted by molar-refractivity contribution is 5.87. The molecule has 1 aromatic carbocycles. The molecule has 0 radical (unpaired) electrons. The van der Waals surface area contributed by atoms with Crippen LogP contribution in [0.25, 0.3) is 0 Å². The number of hydrogen-bond donors (Lipinski definition) is 1. The fourth-order valence-corrected chi connectivity index (χ4v) is 2.32. The van der Waals surface area contributed by atoms with Crippen LogP contribution < -0.4 is 5.32 Å². The number of nitrogens with one attached hydrogen (secondary N) is 1. The molecule has 1 aliphatic rings. The molecule has 0 bridgehead atoms. The Morgan fingerprint density at radius 3 is 2.35 bits per heavy atom. The number of rotatable bonds is 3. The predicted molar refractivity (Wildman–Crippen MR) is 86.0 cm³/mol. The van der Waals surface area contributed by atoms with E-state index in [0.717, 1.165) is 5.56 Å². The van der Waals surface area contributed by atoms with Gasteiger partial charge in [-0.2, -0.15) is 0 Å². The summed E-state index contributed by atoms with van der Waals surface area (Å²) in [6.07, 6.45) is -0.604. The Balaban J connectivity index is 2.15. The van der Waals surface area contributed by atoms with Crippen LogP contribution in [0, 0.1) is 0 Å². The maximum atomic E-state index is 12.8. The van der Waals surface area contributed by atoms with Gasteiger partial charge in [-0.3, -0.25) is 4.79 Å². The summed E-state index contributed by atoms with van der Waals surface area (Å²) in [6, 6.07) is 8.43. The van der Waals surface area contributed by atoms with E-state index in [2.05, 4.69) is 5.32 Å². The maximum absolute atomic E-state index is 12.8. The first-order valence-electron chi connectivity index (χ1n) is 7.78. The molecule has 1 saturated heterocycles. The average Bonchev–Trinajstić information content (AvgIpc) is 2.52. The summed E-state index contributed by atoms with van der Waals surface area (Å²) in [4.78, 5) is 26.6. The Morgan fingerprint density at radius 1 is 1.17 bits per heavy atom. The molecule has 6 heteroatoms. The van der Waals surface area contributed by atoms with Gasteiger partial charge in [-0.25, -0.2) is 4.79 Å². The minimum Gasteiger partial charge on any atom is -0.444 e. The molecule has 0 aromatic heterocycles. The van der Waals surface area contributed by atoms with Gasteiger partial charge in [-0.15, -0.1) is 0 Å². The van der Waals surface area contributed by atoms with Crippen LogP contribution >= 0.6 is 0 Å². The number of alkyl carbamates (subject to hydrolysis) is 1. The van der Waals surface area contributed by atoms with E-state index in [4.69, 9.17) is 9.47 Å². The average molecular weight is 320 g/mol. The van der Waals surface area contributed by atoms with Crippen LogP contribution in [0.3, 0.4) is 0 Å². The molecule has 0 unspecified atom stereocenters. The van der Waals surface area contributed by atoms with Gasteiger partial charge >= 0.3 is 6.09 Å². The van der Waals surface area contributed by atoms with E-state index in [-0.39, 0.29) is 5.91 Å². The van der Waals surface area contributed by atoms with Crippen LogP contribution in [-0.4, -0.2) is 48.8 Å². The van der Waals surface area contributed by atoms with E-state index >= 15 is 0 Å². The monoisotopic (exact) mass is 320 g/mol. The van der Waals surface area contributed by atoms with E-state index in [9.17, 15) is 9.59 Å². The zero-order chi connectivity index (χ0) is 16.9. The molecule has 2 amide bonds. The van der Waals surface area contributed by atoms with Crippen molar-refractivity contribution in [2.24, 2.45) is 0 Å². The van der Waals surface area contributed by atoms with Crippen molar-refractivity contribution in [1.82, 2.24) is 10.2 Å².